The van der Waals surface area contributed by atoms with Crippen LogP contribution in [0.4, 0.5) is 0 Å². The van der Waals surface area contributed by atoms with Crippen molar-refractivity contribution < 1.29 is 4.74 Å². The normalized spacial score (nSPS) is 24.2. The van der Waals surface area contributed by atoms with Gasteiger partial charge in [-0.25, -0.2) is 0 Å². The molecule has 0 aromatic heterocycles. The molecule has 1 atom stereocenters. The van der Waals surface area contributed by atoms with Crippen LogP contribution in [0.3, 0.4) is 0 Å². The van der Waals surface area contributed by atoms with Gasteiger partial charge in [-0.2, -0.15) is 0 Å². The van der Waals surface area contributed by atoms with Gasteiger partial charge < -0.3 is 4.74 Å². The first-order chi connectivity index (χ1) is 8.17. The van der Waals surface area contributed by atoms with Gasteiger partial charge in [-0.15, -0.1) is 0 Å². The minimum Gasteiger partial charge on any atom is -0.371 e. The fourth-order valence-corrected chi connectivity index (χ4v) is 2.65. The van der Waals surface area contributed by atoms with E-state index in [9.17, 15) is 0 Å². The van der Waals surface area contributed by atoms with Crippen molar-refractivity contribution in [2.45, 2.75) is 32.8 Å². The third kappa shape index (κ3) is 2.34. The molecule has 1 aromatic rings. The molecule has 1 nitrogen and oxygen atoms in total. The lowest BCUT2D eigenvalue weighted by Crippen LogP contribution is -2.32. The average Bonchev–Trinajstić information content (AvgIpc) is 2.30. The molecule has 0 amide bonds. The molecule has 1 unspecified atom stereocenters. The molecule has 0 saturated carbocycles. The van der Waals surface area contributed by atoms with Crippen molar-refractivity contribution in [2.75, 3.05) is 6.61 Å². The van der Waals surface area contributed by atoms with E-state index in [0.717, 1.165) is 13.0 Å². The number of hydrogen-bond acceptors (Lipinski definition) is 1. The molecule has 0 fully saturated rings. The number of hydrogen-bond donors (Lipinski definition) is 0. The van der Waals surface area contributed by atoms with Crippen LogP contribution in [0.5, 0.6) is 0 Å². The molecule has 17 heavy (non-hydrogen) atoms. The van der Waals surface area contributed by atoms with Crippen molar-refractivity contribution in [3.05, 3.63) is 53.6 Å². The highest BCUT2D eigenvalue weighted by Crippen LogP contribution is 2.39. The Kier molecular flexibility index (Phi) is 3.49. The molecule has 1 aliphatic rings. The summed E-state index contributed by atoms with van der Waals surface area (Å²) in [5, 5.41) is 0. The summed E-state index contributed by atoms with van der Waals surface area (Å²) < 4.78 is 6.00. The lowest BCUT2D eigenvalue weighted by molar-refractivity contribution is 0.0231. The van der Waals surface area contributed by atoms with Gasteiger partial charge in [0.2, 0.25) is 0 Å². The highest BCUT2D eigenvalue weighted by Gasteiger charge is 2.32. The fraction of sp³-hybridized carbons (Fsp3) is 0.375. The van der Waals surface area contributed by atoms with Gasteiger partial charge >= 0.3 is 0 Å². The highest BCUT2D eigenvalue weighted by molar-refractivity contribution is 5.77. The van der Waals surface area contributed by atoms with Crippen molar-refractivity contribution in [2.24, 2.45) is 0 Å². The minimum atomic E-state index is -0.186. The molecule has 0 radical (unpaired) electrons. The van der Waals surface area contributed by atoms with Crippen molar-refractivity contribution in [3.8, 4) is 0 Å². The van der Waals surface area contributed by atoms with Crippen molar-refractivity contribution in [3.63, 3.8) is 0 Å². The van der Waals surface area contributed by atoms with Crippen LogP contribution in [0.1, 0.15) is 32.8 Å². The van der Waals surface area contributed by atoms with Crippen LogP contribution in [-0.4, -0.2) is 12.2 Å². The lowest BCUT2D eigenvalue weighted by atomic mass is 9.80. The van der Waals surface area contributed by atoms with E-state index in [4.69, 9.17) is 4.74 Å². The Morgan fingerprint density at radius 1 is 1.24 bits per heavy atom. The third-order valence-electron chi connectivity index (χ3n) is 3.32. The topological polar surface area (TPSA) is 9.23 Å². The SMILES string of the molecule is CCOC1(C)CC=CC(C)=C1c1ccccc1. The molecule has 0 N–H and O–H groups in total. The van der Waals surface area contributed by atoms with E-state index in [0.29, 0.717) is 0 Å². The summed E-state index contributed by atoms with van der Waals surface area (Å²) in [6, 6.07) is 10.5. The van der Waals surface area contributed by atoms with Crippen LogP contribution in [0.15, 0.2) is 48.1 Å². The van der Waals surface area contributed by atoms with Gasteiger partial charge in [-0.05, 0) is 43.9 Å². The maximum Gasteiger partial charge on any atom is 0.0945 e. The van der Waals surface area contributed by atoms with E-state index in [1.807, 2.05) is 0 Å². The van der Waals surface area contributed by atoms with Gasteiger partial charge in [0, 0.05) is 6.61 Å². The number of rotatable bonds is 3. The predicted octanol–water partition coefficient (Wildman–Crippen LogP) is 4.22. The Bertz CT molecular complexity index is 442. The summed E-state index contributed by atoms with van der Waals surface area (Å²) in [6.45, 7) is 7.15. The molecule has 0 aliphatic heterocycles. The lowest BCUT2D eigenvalue weighted by Gasteiger charge is -2.35. The van der Waals surface area contributed by atoms with Crippen LogP contribution in [0.25, 0.3) is 5.57 Å². The second-order valence-electron chi connectivity index (χ2n) is 4.69. The van der Waals surface area contributed by atoms with E-state index >= 15 is 0 Å². The third-order valence-corrected chi connectivity index (χ3v) is 3.32. The first-order valence-corrected chi connectivity index (χ1v) is 6.24. The van der Waals surface area contributed by atoms with Gasteiger partial charge in [0.15, 0.2) is 0 Å². The van der Waals surface area contributed by atoms with Crippen LogP contribution in [0, 0.1) is 0 Å². The zero-order valence-corrected chi connectivity index (χ0v) is 10.9. The molecule has 1 heteroatoms. The number of ether oxygens (including phenoxy) is 1. The molecule has 0 heterocycles. The summed E-state index contributed by atoms with van der Waals surface area (Å²) in [6.07, 6.45) is 5.35. The second-order valence-corrected chi connectivity index (χ2v) is 4.69. The molecular formula is C16H20O. The van der Waals surface area contributed by atoms with Crippen LogP contribution in [0.2, 0.25) is 0 Å². The smallest absolute Gasteiger partial charge is 0.0945 e. The van der Waals surface area contributed by atoms with Gasteiger partial charge in [0.1, 0.15) is 0 Å². The Labute approximate surface area is 104 Å². The number of benzene rings is 1. The maximum atomic E-state index is 6.00. The van der Waals surface area contributed by atoms with Crippen LogP contribution in [-0.2, 0) is 4.74 Å². The Hall–Kier alpha value is -1.34. The van der Waals surface area contributed by atoms with E-state index in [-0.39, 0.29) is 5.60 Å². The van der Waals surface area contributed by atoms with Gasteiger partial charge in [0.05, 0.1) is 5.60 Å². The fourth-order valence-electron chi connectivity index (χ4n) is 2.65. The first kappa shape index (κ1) is 12.1. The van der Waals surface area contributed by atoms with E-state index in [1.54, 1.807) is 0 Å². The van der Waals surface area contributed by atoms with Crippen molar-refractivity contribution in [1.29, 1.82) is 0 Å². The molecule has 0 saturated heterocycles. The van der Waals surface area contributed by atoms with Crippen LogP contribution >= 0.6 is 0 Å². The van der Waals surface area contributed by atoms with Crippen molar-refractivity contribution in [1.82, 2.24) is 0 Å². The Morgan fingerprint density at radius 2 is 1.94 bits per heavy atom. The predicted molar refractivity (Wildman–Crippen MR) is 72.8 cm³/mol. The monoisotopic (exact) mass is 228 g/mol. The Morgan fingerprint density at radius 3 is 2.59 bits per heavy atom. The Balaban J connectivity index is 2.49. The summed E-state index contributed by atoms with van der Waals surface area (Å²) in [5.74, 6) is 0. The summed E-state index contributed by atoms with van der Waals surface area (Å²) in [4.78, 5) is 0. The maximum absolute atomic E-state index is 6.00. The zero-order valence-electron chi connectivity index (χ0n) is 10.9. The second kappa shape index (κ2) is 4.89. The van der Waals surface area contributed by atoms with Crippen LogP contribution < -0.4 is 0 Å². The molecule has 1 aliphatic carbocycles. The minimum absolute atomic E-state index is 0.186. The quantitative estimate of drug-likeness (QED) is 0.752. The molecule has 2 rings (SSSR count). The average molecular weight is 228 g/mol. The van der Waals surface area contributed by atoms with Gasteiger partial charge in [-0.3, -0.25) is 0 Å². The van der Waals surface area contributed by atoms with E-state index < -0.39 is 0 Å². The van der Waals surface area contributed by atoms with Gasteiger partial charge in [-0.1, -0.05) is 42.5 Å². The molecule has 1 aromatic carbocycles. The van der Waals surface area contributed by atoms with Gasteiger partial charge in [0.25, 0.3) is 0 Å². The first-order valence-electron chi connectivity index (χ1n) is 6.24. The summed E-state index contributed by atoms with van der Waals surface area (Å²) in [7, 11) is 0. The largest absolute Gasteiger partial charge is 0.371 e. The number of allylic oxidation sites excluding steroid dienone is 2. The van der Waals surface area contributed by atoms with Crippen molar-refractivity contribution >= 4 is 5.57 Å². The standard InChI is InChI=1S/C16H20O/c1-4-17-16(3)12-8-9-13(2)15(16)14-10-6-5-7-11-14/h5-11H,4,12H2,1-3H3. The summed E-state index contributed by atoms with van der Waals surface area (Å²) in [5.41, 5.74) is 3.71. The highest BCUT2D eigenvalue weighted by atomic mass is 16.5. The molecular weight excluding hydrogens is 208 g/mol. The van der Waals surface area contributed by atoms with E-state index in [1.165, 1.54) is 16.7 Å². The molecule has 90 valence electrons. The zero-order chi connectivity index (χ0) is 12.3. The molecule has 0 bridgehead atoms. The molecule has 0 spiro atoms. The summed E-state index contributed by atoms with van der Waals surface area (Å²) >= 11 is 0. The van der Waals surface area contributed by atoms with E-state index in [2.05, 4.69) is 63.3 Å².